The number of esters is 1. The van der Waals surface area contributed by atoms with E-state index in [4.69, 9.17) is 23.7 Å². The number of carbonyl (C=O) groups is 1. The summed E-state index contributed by atoms with van der Waals surface area (Å²) >= 11 is 1.61. The predicted octanol–water partition coefficient (Wildman–Crippen LogP) is 1.17. The van der Waals surface area contributed by atoms with Gasteiger partial charge in [-0.15, -0.1) is 11.8 Å². The molecule has 0 aliphatic carbocycles. The first-order chi connectivity index (χ1) is 9.43. The minimum Gasteiger partial charge on any atom is -0.457 e. The highest BCUT2D eigenvalue weighted by molar-refractivity contribution is 7.98. The Bertz CT molecular complexity index is 348. The number of hydrogen-bond donors (Lipinski definition) is 0. The average Bonchev–Trinajstić information content (AvgIpc) is 2.67. The second-order valence-corrected chi connectivity index (χ2v) is 6.17. The van der Waals surface area contributed by atoms with Gasteiger partial charge >= 0.3 is 5.97 Å². The van der Waals surface area contributed by atoms with Gasteiger partial charge in [0, 0.05) is 6.92 Å². The summed E-state index contributed by atoms with van der Waals surface area (Å²) in [5.41, 5.74) is 0. The Balaban J connectivity index is 2.01. The number of carbonyl (C=O) groups excluding carboxylic acids is 1. The fourth-order valence-electron chi connectivity index (χ4n) is 2.51. The van der Waals surface area contributed by atoms with Gasteiger partial charge in [0.25, 0.3) is 0 Å². The van der Waals surface area contributed by atoms with Crippen molar-refractivity contribution in [2.24, 2.45) is 0 Å². The highest BCUT2D eigenvalue weighted by Gasteiger charge is 2.53. The molecule has 2 fully saturated rings. The molecule has 0 amide bonds. The SMILES string of the molecule is CSCOC[C@H]1OC[C@H](OC(C)=O)[C@H]2OC(C)(C)O[C@H]21. The van der Waals surface area contributed by atoms with Crippen LogP contribution in [0.1, 0.15) is 20.8 Å². The number of fused-ring (bicyclic) bond motifs is 1. The van der Waals surface area contributed by atoms with Crippen molar-refractivity contribution in [1.29, 1.82) is 0 Å². The highest BCUT2D eigenvalue weighted by Crippen LogP contribution is 2.36. The summed E-state index contributed by atoms with van der Waals surface area (Å²) in [4.78, 5) is 11.2. The summed E-state index contributed by atoms with van der Waals surface area (Å²) in [6.07, 6.45) is 0.729. The van der Waals surface area contributed by atoms with Crippen LogP contribution in [0.15, 0.2) is 0 Å². The molecule has 0 N–H and O–H groups in total. The van der Waals surface area contributed by atoms with Crippen molar-refractivity contribution in [3.05, 3.63) is 0 Å². The molecule has 0 aromatic heterocycles. The average molecular weight is 306 g/mol. The van der Waals surface area contributed by atoms with Crippen LogP contribution in [0.2, 0.25) is 0 Å². The van der Waals surface area contributed by atoms with E-state index >= 15 is 0 Å². The molecule has 0 aromatic carbocycles. The van der Waals surface area contributed by atoms with E-state index in [0.29, 0.717) is 19.2 Å². The van der Waals surface area contributed by atoms with Crippen LogP contribution < -0.4 is 0 Å². The van der Waals surface area contributed by atoms with Crippen molar-refractivity contribution in [3.8, 4) is 0 Å². The largest absolute Gasteiger partial charge is 0.457 e. The number of ether oxygens (including phenoxy) is 5. The molecule has 0 aromatic rings. The van der Waals surface area contributed by atoms with Crippen molar-refractivity contribution in [1.82, 2.24) is 0 Å². The summed E-state index contributed by atoms with van der Waals surface area (Å²) < 4.78 is 28.2. The van der Waals surface area contributed by atoms with Crippen LogP contribution in [0.4, 0.5) is 0 Å². The van der Waals surface area contributed by atoms with Gasteiger partial charge in [-0.1, -0.05) is 0 Å². The molecule has 7 heteroatoms. The molecule has 2 rings (SSSR count). The summed E-state index contributed by atoms with van der Waals surface area (Å²) in [6, 6.07) is 0. The molecule has 0 radical (unpaired) electrons. The predicted molar refractivity (Wildman–Crippen MR) is 73.5 cm³/mol. The molecule has 0 unspecified atom stereocenters. The van der Waals surface area contributed by atoms with Crippen molar-refractivity contribution in [2.75, 3.05) is 25.4 Å². The molecule has 0 spiro atoms. The second kappa shape index (κ2) is 6.62. The molecule has 4 atom stereocenters. The number of thioether (sulfide) groups is 1. The van der Waals surface area contributed by atoms with E-state index in [-0.39, 0.29) is 24.3 Å². The maximum atomic E-state index is 11.2. The lowest BCUT2D eigenvalue weighted by atomic mass is 10.0. The highest BCUT2D eigenvalue weighted by atomic mass is 32.2. The number of rotatable bonds is 5. The van der Waals surface area contributed by atoms with Gasteiger partial charge in [-0.2, -0.15) is 0 Å². The van der Waals surface area contributed by atoms with Crippen LogP contribution in [0.5, 0.6) is 0 Å². The fraction of sp³-hybridized carbons (Fsp3) is 0.923. The van der Waals surface area contributed by atoms with Gasteiger partial charge in [0.15, 0.2) is 11.9 Å². The van der Waals surface area contributed by atoms with Crippen molar-refractivity contribution < 1.29 is 28.5 Å². The zero-order valence-electron chi connectivity index (χ0n) is 12.3. The normalized spacial score (nSPS) is 35.6. The van der Waals surface area contributed by atoms with Crippen molar-refractivity contribution in [3.63, 3.8) is 0 Å². The smallest absolute Gasteiger partial charge is 0.303 e. The van der Waals surface area contributed by atoms with E-state index in [1.807, 2.05) is 20.1 Å². The van der Waals surface area contributed by atoms with Gasteiger partial charge in [0.05, 0.1) is 19.2 Å². The summed E-state index contributed by atoms with van der Waals surface area (Å²) in [5, 5.41) is 0. The summed E-state index contributed by atoms with van der Waals surface area (Å²) in [6.45, 7) is 5.80. The Labute approximate surface area is 123 Å². The minimum atomic E-state index is -0.709. The molecular formula is C13H22O6S. The van der Waals surface area contributed by atoms with E-state index in [1.165, 1.54) is 6.92 Å². The van der Waals surface area contributed by atoms with Gasteiger partial charge < -0.3 is 23.7 Å². The van der Waals surface area contributed by atoms with Gasteiger partial charge in [-0.25, -0.2) is 0 Å². The van der Waals surface area contributed by atoms with Crippen LogP contribution in [-0.4, -0.2) is 61.6 Å². The van der Waals surface area contributed by atoms with Gasteiger partial charge in [-0.05, 0) is 20.1 Å². The van der Waals surface area contributed by atoms with Crippen LogP contribution in [0.25, 0.3) is 0 Å². The quantitative estimate of drug-likeness (QED) is 0.429. The third kappa shape index (κ3) is 3.85. The molecule has 0 saturated carbocycles. The third-order valence-corrected chi connectivity index (χ3v) is 3.57. The van der Waals surface area contributed by atoms with E-state index in [1.54, 1.807) is 11.8 Å². The Hall–Kier alpha value is -0.340. The standard InChI is InChI=1S/C13H22O6S/c1-8(14)17-10-6-16-9(5-15-7-20-4)11-12(10)19-13(2,3)18-11/h9-12H,5-7H2,1-4H3/t9-,10+,11+,12-/m1/s1. The zero-order valence-corrected chi connectivity index (χ0v) is 13.1. The summed E-state index contributed by atoms with van der Waals surface area (Å²) in [5.74, 6) is -0.448. The fourth-order valence-corrected chi connectivity index (χ4v) is 2.77. The first-order valence-electron chi connectivity index (χ1n) is 6.64. The first kappa shape index (κ1) is 16.0. The lowest BCUT2D eigenvalue weighted by Gasteiger charge is -2.36. The Morgan fingerprint density at radius 1 is 1.35 bits per heavy atom. The molecule has 2 heterocycles. The topological polar surface area (TPSA) is 63.2 Å². The Kier molecular flexibility index (Phi) is 5.30. The van der Waals surface area contributed by atoms with E-state index in [2.05, 4.69) is 0 Å². The van der Waals surface area contributed by atoms with Gasteiger partial charge in [-0.3, -0.25) is 4.79 Å². The Morgan fingerprint density at radius 2 is 2.05 bits per heavy atom. The minimum absolute atomic E-state index is 0.208. The van der Waals surface area contributed by atoms with Crippen LogP contribution in [0.3, 0.4) is 0 Å². The van der Waals surface area contributed by atoms with Crippen molar-refractivity contribution in [2.45, 2.75) is 51.0 Å². The summed E-state index contributed by atoms with van der Waals surface area (Å²) in [7, 11) is 0. The zero-order chi connectivity index (χ0) is 14.8. The van der Waals surface area contributed by atoms with E-state index < -0.39 is 11.9 Å². The van der Waals surface area contributed by atoms with Crippen LogP contribution in [-0.2, 0) is 28.5 Å². The molecule has 2 aliphatic rings. The van der Waals surface area contributed by atoms with Gasteiger partial charge in [0.2, 0.25) is 0 Å². The van der Waals surface area contributed by atoms with E-state index in [0.717, 1.165) is 0 Å². The lowest BCUT2D eigenvalue weighted by Crippen LogP contribution is -2.54. The third-order valence-electron chi connectivity index (χ3n) is 3.17. The van der Waals surface area contributed by atoms with Crippen molar-refractivity contribution >= 4 is 17.7 Å². The first-order valence-corrected chi connectivity index (χ1v) is 8.03. The lowest BCUT2D eigenvalue weighted by molar-refractivity contribution is -0.185. The van der Waals surface area contributed by atoms with Gasteiger partial charge in [0.1, 0.15) is 18.3 Å². The number of hydrogen-bond acceptors (Lipinski definition) is 7. The maximum Gasteiger partial charge on any atom is 0.303 e. The molecule has 116 valence electrons. The molecule has 2 aliphatic heterocycles. The van der Waals surface area contributed by atoms with Crippen LogP contribution in [0, 0.1) is 0 Å². The van der Waals surface area contributed by atoms with Crippen LogP contribution >= 0.6 is 11.8 Å². The second-order valence-electron chi connectivity index (χ2n) is 5.36. The Morgan fingerprint density at radius 3 is 2.70 bits per heavy atom. The molecule has 20 heavy (non-hydrogen) atoms. The molecule has 0 bridgehead atoms. The molecular weight excluding hydrogens is 284 g/mol. The van der Waals surface area contributed by atoms with E-state index in [9.17, 15) is 4.79 Å². The maximum absolute atomic E-state index is 11.2. The molecule has 2 saturated heterocycles. The monoisotopic (exact) mass is 306 g/mol. The molecule has 6 nitrogen and oxygen atoms in total.